The van der Waals surface area contributed by atoms with Gasteiger partial charge < -0.3 is 10.5 Å². The van der Waals surface area contributed by atoms with Crippen molar-refractivity contribution >= 4 is 10.4 Å². The highest BCUT2D eigenvalue weighted by Gasteiger charge is 2.12. The van der Waals surface area contributed by atoms with Crippen LogP contribution in [0.3, 0.4) is 0 Å². The maximum Gasteiger partial charge on any atom is 0.398 e. The van der Waals surface area contributed by atoms with Crippen molar-refractivity contribution < 1.29 is 21.9 Å². The molecule has 1 atom stereocenters. The van der Waals surface area contributed by atoms with Crippen molar-refractivity contribution in [2.45, 2.75) is 77.4 Å². The Labute approximate surface area is 129 Å². The second-order valence-corrected chi connectivity index (χ2v) is 6.37. The molecular weight excluding hydrogens is 294 g/mol. The zero-order chi connectivity index (χ0) is 16.0. The van der Waals surface area contributed by atoms with E-state index in [0.29, 0.717) is 6.61 Å². The molecule has 0 fully saturated rings. The van der Waals surface area contributed by atoms with E-state index in [9.17, 15) is 8.42 Å². The maximum atomic E-state index is 10.4. The van der Waals surface area contributed by atoms with Gasteiger partial charge in [-0.25, -0.2) is 4.18 Å². The Morgan fingerprint density at radius 1 is 0.952 bits per heavy atom. The van der Waals surface area contributed by atoms with Crippen LogP contribution in [0, 0.1) is 0 Å². The number of ether oxygens (including phenoxy) is 1. The summed E-state index contributed by atoms with van der Waals surface area (Å²) < 4.78 is 38.4. The molecule has 0 aliphatic carbocycles. The second-order valence-electron chi connectivity index (χ2n) is 5.32. The summed E-state index contributed by atoms with van der Waals surface area (Å²) in [6, 6.07) is 0. The smallest absolute Gasteiger partial charge is 0.377 e. The Balaban J connectivity index is 3.19. The molecule has 3 N–H and O–H groups in total. The summed E-state index contributed by atoms with van der Waals surface area (Å²) in [4.78, 5) is 0. The average Bonchev–Trinajstić information content (AvgIpc) is 2.38. The molecule has 0 rings (SSSR count). The normalized spacial score (nSPS) is 13.5. The predicted molar refractivity (Wildman–Crippen MR) is 83.3 cm³/mol. The lowest BCUT2D eigenvalue weighted by Crippen LogP contribution is -2.31. The molecule has 7 heteroatoms. The minimum absolute atomic E-state index is 0.0444. The first-order valence-corrected chi connectivity index (χ1v) is 9.31. The van der Waals surface area contributed by atoms with Crippen LogP contribution in [0.1, 0.15) is 71.1 Å². The summed E-state index contributed by atoms with van der Waals surface area (Å²) in [5.41, 5.74) is 5.30. The number of rotatable bonds is 15. The van der Waals surface area contributed by atoms with Crippen molar-refractivity contribution in [3.8, 4) is 0 Å². The van der Waals surface area contributed by atoms with Crippen LogP contribution in [0.4, 0.5) is 0 Å². The Hall–Kier alpha value is -0.210. The molecule has 0 amide bonds. The first-order chi connectivity index (χ1) is 9.95. The van der Waals surface area contributed by atoms with E-state index in [-0.39, 0.29) is 6.61 Å². The van der Waals surface area contributed by atoms with E-state index in [1.165, 1.54) is 51.4 Å². The van der Waals surface area contributed by atoms with Gasteiger partial charge in [0, 0.05) is 6.61 Å². The van der Waals surface area contributed by atoms with Gasteiger partial charge in [-0.3, -0.25) is 4.55 Å². The van der Waals surface area contributed by atoms with Crippen molar-refractivity contribution in [2.24, 2.45) is 5.73 Å². The summed E-state index contributed by atoms with van der Waals surface area (Å²) >= 11 is 0. The van der Waals surface area contributed by atoms with Crippen LogP contribution in [0.25, 0.3) is 0 Å². The molecule has 0 aromatic rings. The third kappa shape index (κ3) is 17.7. The van der Waals surface area contributed by atoms with Crippen LogP contribution in [0.2, 0.25) is 0 Å². The van der Waals surface area contributed by atoms with Gasteiger partial charge in [-0.1, -0.05) is 64.7 Å². The molecular formula is C14H31NO5S. The highest BCUT2D eigenvalue weighted by Crippen LogP contribution is 2.10. The third-order valence-corrected chi connectivity index (χ3v) is 3.66. The molecule has 0 saturated carbocycles. The summed E-state index contributed by atoms with van der Waals surface area (Å²) in [6.07, 6.45) is 11.3. The number of hydrogen-bond acceptors (Lipinski definition) is 5. The van der Waals surface area contributed by atoms with Gasteiger partial charge in [-0.05, 0) is 6.42 Å². The molecule has 21 heavy (non-hydrogen) atoms. The Kier molecular flexibility index (Phi) is 13.3. The molecule has 0 heterocycles. The molecule has 0 bridgehead atoms. The van der Waals surface area contributed by atoms with E-state index in [1.54, 1.807) is 0 Å². The van der Waals surface area contributed by atoms with Crippen LogP contribution >= 0.6 is 0 Å². The van der Waals surface area contributed by atoms with Gasteiger partial charge >= 0.3 is 10.4 Å². The minimum Gasteiger partial charge on any atom is -0.377 e. The predicted octanol–water partition coefficient (Wildman–Crippen LogP) is 3.03. The second kappa shape index (κ2) is 13.5. The van der Waals surface area contributed by atoms with Crippen molar-refractivity contribution in [2.75, 3.05) is 13.2 Å². The number of nitrogens with two attached hydrogens (primary N) is 1. The third-order valence-electron chi connectivity index (χ3n) is 3.17. The molecule has 0 saturated heterocycles. The first-order valence-electron chi connectivity index (χ1n) is 7.94. The largest absolute Gasteiger partial charge is 0.398 e. The van der Waals surface area contributed by atoms with Crippen molar-refractivity contribution in [3.63, 3.8) is 0 Å². The molecule has 0 aliphatic heterocycles. The van der Waals surface area contributed by atoms with Crippen molar-refractivity contribution in [1.82, 2.24) is 0 Å². The standard InChI is InChI=1S/C14H31NO5S/c1-2-3-4-5-6-7-8-9-10-11-12-19-13-14(15)20-21(16,17)18/h14H,2-13,15H2,1H3,(H,16,17,18). The molecule has 1 unspecified atom stereocenters. The van der Waals surface area contributed by atoms with Crippen molar-refractivity contribution in [3.05, 3.63) is 0 Å². The minimum atomic E-state index is -4.49. The van der Waals surface area contributed by atoms with Gasteiger partial charge in [-0.15, -0.1) is 0 Å². The fourth-order valence-corrected chi connectivity index (χ4v) is 2.44. The number of hydrogen-bond donors (Lipinski definition) is 2. The Morgan fingerprint density at radius 2 is 1.43 bits per heavy atom. The van der Waals surface area contributed by atoms with Gasteiger partial charge in [0.25, 0.3) is 0 Å². The topological polar surface area (TPSA) is 98.9 Å². The average molecular weight is 325 g/mol. The molecule has 0 aliphatic rings. The lowest BCUT2D eigenvalue weighted by molar-refractivity contribution is 0.0484. The lowest BCUT2D eigenvalue weighted by atomic mass is 10.1. The molecule has 0 aromatic carbocycles. The van der Waals surface area contributed by atoms with Crippen LogP contribution in [0.5, 0.6) is 0 Å². The fraction of sp³-hybridized carbons (Fsp3) is 1.00. The van der Waals surface area contributed by atoms with Crippen LogP contribution < -0.4 is 5.73 Å². The molecule has 0 radical (unpaired) electrons. The highest BCUT2D eigenvalue weighted by molar-refractivity contribution is 7.80. The molecule has 128 valence electrons. The first kappa shape index (κ1) is 20.8. The monoisotopic (exact) mass is 325 g/mol. The van der Waals surface area contributed by atoms with E-state index >= 15 is 0 Å². The van der Waals surface area contributed by atoms with Gasteiger partial charge in [-0.2, -0.15) is 8.42 Å². The van der Waals surface area contributed by atoms with Gasteiger partial charge in [0.05, 0.1) is 6.61 Å². The summed E-state index contributed by atoms with van der Waals surface area (Å²) in [6.45, 7) is 2.71. The van der Waals surface area contributed by atoms with Crippen LogP contribution in [-0.2, 0) is 19.3 Å². The molecule has 0 spiro atoms. The fourth-order valence-electron chi connectivity index (χ4n) is 2.08. The maximum absolute atomic E-state index is 10.4. The SMILES string of the molecule is CCCCCCCCCCCCOCC(N)OS(=O)(=O)O. The lowest BCUT2D eigenvalue weighted by Gasteiger charge is -2.10. The van der Waals surface area contributed by atoms with Gasteiger partial charge in [0.2, 0.25) is 0 Å². The Bertz CT molecular complexity index is 321. The van der Waals surface area contributed by atoms with E-state index in [0.717, 1.165) is 12.8 Å². The summed E-state index contributed by atoms with van der Waals surface area (Å²) in [5, 5.41) is 0. The highest BCUT2D eigenvalue weighted by atomic mass is 32.3. The summed E-state index contributed by atoms with van der Waals surface area (Å²) in [7, 11) is -4.49. The molecule has 6 nitrogen and oxygen atoms in total. The quantitative estimate of drug-likeness (QED) is 0.273. The number of unbranched alkanes of at least 4 members (excludes halogenated alkanes) is 9. The van der Waals surface area contributed by atoms with Gasteiger partial charge in [0.1, 0.15) is 0 Å². The van der Waals surface area contributed by atoms with Crippen LogP contribution in [-0.4, -0.2) is 32.4 Å². The van der Waals surface area contributed by atoms with E-state index < -0.39 is 16.6 Å². The van der Waals surface area contributed by atoms with Gasteiger partial charge in [0.15, 0.2) is 6.23 Å². The zero-order valence-electron chi connectivity index (χ0n) is 13.1. The summed E-state index contributed by atoms with van der Waals surface area (Å²) in [5.74, 6) is 0. The van der Waals surface area contributed by atoms with Crippen molar-refractivity contribution in [1.29, 1.82) is 0 Å². The Morgan fingerprint density at radius 3 is 1.90 bits per heavy atom. The van der Waals surface area contributed by atoms with E-state index in [2.05, 4.69) is 11.1 Å². The van der Waals surface area contributed by atoms with Crippen LogP contribution in [0.15, 0.2) is 0 Å². The van der Waals surface area contributed by atoms with E-state index in [1.807, 2.05) is 0 Å². The molecule has 0 aromatic heterocycles. The zero-order valence-corrected chi connectivity index (χ0v) is 13.9. The van der Waals surface area contributed by atoms with E-state index in [4.69, 9.17) is 15.0 Å².